The van der Waals surface area contributed by atoms with E-state index in [1.165, 1.54) is 12.8 Å². The SMILES string of the molecule is CC(C)(N)C(=O)NCc1ccc(N2CCCC2)nc1. The number of carbonyl (C=O) groups is 1. The van der Waals surface area contributed by atoms with Crippen LogP contribution in [0.15, 0.2) is 18.3 Å². The molecule has 2 rings (SSSR count). The highest BCUT2D eigenvalue weighted by Crippen LogP contribution is 2.17. The topological polar surface area (TPSA) is 71.2 Å². The van der Waals surface area contributed by atoms with Crippen LogP contribution in [0.4, 0.5) is 5.82 Å². The van der Waals surface area contributed by atoms with Gasteiger partial charge in [-0.2, -0.15) is 0 Å². The van der Waals surface area contributed by atoms with Crippen molar-refractivity contribution in [2.24, 2.45) is 5.73 Å². The van der Waals surface area contributed by atoms with Crippen LogP contribution in [0.1, 0.15) is 32.3 Å². The number of carbonyl (C=O) groups excluding carboxylic acids is 1. The number of hydrogen-bond donors (Lipinski definition) is 2. The van der Waals surface area contributed by atoms with Crippen molar-refractivity contribution in [2.45, 2.75) is 38.8 Å². The van der Waals surface area contributed by atoms with Crippen LogP contribution >= 0.6 is 0 Å². The van der Waals surface area contributed by atoms with Crippen LogP contribution in [0, 0.1) is 0 Å². The Balaban J connectivity index is 1.90. The summed E-state index contributed by atoms with van der Waals surface area (Å²) >= 11 is 0. The lowest BCUT2D eigenvalue weighted by molar-refractivity contribution is -0.125. The maximum absolute atomic E-state index is 11.6. The molecule has 1 aliphatic rings. The van der Waals surface area contributed by atoms with E-state index in [0.29, 0.717) is 6.54 Å². The minimum absolute atomic E-state index is 0.156. The van der Waals surface area contributed by atoms with Crippen LogP contribution < -0.4 is 16.0 Å². The average Bonchev–Trinajstić information content (AvgIpc) is 2.89. The van der Waals surface area contributed by atoms with Crippen LogP contribution in [0.2, 0.25) is 0 Å². The Morgan fingerprint density at radius 2 is 2.11 bits per heavy atom. The summed E-state index contributed by atoms with van der Waals surface area (Å²) in [5, 5.41) is 2.81. The van der Waals surface area contributed by atoms with Gasteiger partial charge in [0.25, 0.3) is 0 Å². The predicted molar refractivity (Wildman–Crippen MR) is 75.8 cm³/mol. The van der Waals surface area contributed by atoms with Crippen molar-refractivity contribution >= 4 is 11.7 Å². The molecule has 1 amide bonds. The Kier molecular flexibility index (Phi) is 4.04. The molecule has 0 unspecified atom stereocenters. The highest BCUT2D eigenvalue weighted by molar-refractivity contribution is 5.84. The van der Waals surface area contributed by atoms with Crippen molar-refractivity contribution in [1.29, 1.82) is 0 Å². The molecule has 3 N–H and O–H groups in total. The normalized spacial score (nSPS) is 15.6. The van der Waals surface area contributed by atoms with Crippen molar-refractivity contribution in [1.82, 2.24) is 10.3 Å². The van der Waals surface area contributed by atoms with Crippen molar-refractivity contribution in [3.63, 3.8) is 0 Å². The van der Waals surface area contributed by atoms with Gasteiger partial charge in [0.15, 0.2) is 0 Å². The molecule has 0 aromatic carbocycles. The second kappa shape index (κ2) is 5.57. The molecule has 0 spiro atoms. The van der Waals surface area contributed by atoms with Crippen molar-refractivity contribution in [3.8, 4) is 0 Å². The number of hydrogen-bond acceptors (Lipinski definition) is 4. The maximum atomic E-state index is 11.6. The van der Waals surface area contributed by atoms with E-state index >= 15 is 0 Å². The molecule has 0 atom stereocenters. The van der Waals surface area contributed by atoms with Gasteiger partial charge in [-0.25, -0.2) is 4.98 Å². The Morgan fingerprint density at radius 3 is 2.63 bits per heavy atom. The molecule has 0 bridgehead atoms. The predicted octanol–water partition coefficient (Wildman–Crippen LogP) is 1.04. The van der Waals surface area contributed by atoms with E-state index in [9.17, 15) is 4.79 Å². The fourth-order valence-electron chi connectivity index (χ4n) is 2.06. The fourth-order valence-corrected chi connectivity index (χ4v) is 2.06. The van der Waals surface area contributed by atoms with E-state index < -0.39 is 5.54 Å². The first-order chi connectivity index (χ1) is 8.97. The number of aromatic nitrogens is 1. The molecule has 0 saturated carbocycles. The lowest BCUT2D eigenvalue weighted by Gasteiger charge is -2.18. The van der Waals surface area contributed by atoms with Crippen molar-refractivity contribution < 1.29 is 4.79 Å². The molecule has 1 aromatic rings. The smallest absolute Gasteiger partial charge is 0.239 e. The largest absolute Gasteiger partial charge is 0.357 e. The van der Waals surface area contributed by atoms with Crippen LogP contribution in [0.5, 0.6) is 0 Å². The number of rotatable bonds is 4. The highest BCUT2D eigenvalue weighted by Gasteiger charge is 2.21. The van der Waals surface area contributed by atoms with Crippen LogP contribution in [-0.2, 0) is 11.3 Å². The molecule has 0 aliphatic carbocycles. The first-order valence-electron chi connectivity index (χ1n) is 6.74. The minimum Gasteiger partial charge on any atom is -0.357 e. The van der Waals surface area contributed by atoms with Gasteiger partial charge >= 0.3 is 0 Å². The second-order valence-electron chi connectivity index (χ2n) is 5.62. The Morgan fingerprint density at radius 1 is 1.42 bits per heavy atom. The van der Waals surface area contributed by atoms with E-state index in [4.69, 9.17) is 5.73 Å². The van der Waals surface area contributed by atoms with Crippen LogP contribution in [-0.4, -0.2) is 29.5 Å². The monoisotopic (exact) mass is 262 g/mol. The molecule has 0 radical (unpaired) electrons. The van der Waals surface area contributed by atoms with Crippen molar-refractivity contribution in [3.05, 3.63) is 23.9 Å². The van der Waals surface area contributed by atoms with Gasteiger partial charge in [-0.15, -0.1) is 0 Å². The minimum atomic E-state index is -0.844. The van der Waals surface area contributed by atoms with Crippen molar-refractivity contribution in [2.75, 3.05) is 18.0 Å². The van der Waals surface area contributed by atoms with Gasteiger partial charge in [-0.3, -0.25) is 4.79 Å². The van der Waals surface area contributed by atoms with E-state index in [0.717, 1.165) is 24.5 Å². The third kappa shape index (κ3) is 3.67. The number of amides is 1. The Labute approximate surface area is 114 Å². The molecule has 2 heterocycles. The van der Waals surface area contributed by atoms with Gasteiger partial charge in [-0.05, 0) is 38.3 Å². The summed E-state index contributed by atoms with van der Waals surface area (Å²) in [5.41, 5.74) is 5.86. The summed E-state index contributed by atoms with van der Waals surface area (Å²) in [6.07, 6.45) is 4.30. The molecule has 104 valence electrons. The number of nitrogens with zero attached hydrogens (tertiary/aromatic N) is 2. The molecule has 19 heavy (non-hydrogen) atoms. The van der Waals surface area contributed by atoms with E-state index in [2.05, 4.69) is 15.2 Å². The van der Waals surface area contributed by atoms with Crippen LogP contribution in [0.25, 0.3) is 0 Å². The standard InChI is InChI=1S/C14H22N4O/c1-14(2,15)13(19)17-10-11-5-6-12(16-9-11)18-7-3-4-8-18/h5-6,9H,3-4,7-8,10,15H2,1-2H3,(H,17,19). The lowest BCUT2D eigenvalue weighted by atomic mass is 10.1. The number of pyridine rings is 1. The number of nitrogens with two attached hydrogens (primary N) is 1. The zero-order valence-electron chi connectivity index (χ0n) is 11.6. The maximum Gasteiger partial charge on any atom is 0.239 e. The quantitative estimate of drug-likeness (QED) is 0.850. The summed E-state index contributed by atoms with van der Waals surface area (Å²) in [5.74, 6) is 0.864. The van der Waals surface area contributed by atoms with E-state index in [1.807, 2.05) is 18.3 Å². The van der Waals surface area contributed by atoms with Gasteiger partial charge in [-0.1, -0.05) is 6.07 Å². The zero-order chi connectivity index (χ0) is 13.9. The molecule has 5 nitrogen and oxygen atoms in total. The van der Waals surface area contributed by atoms with E-state index in [1.54, 1.807) is 13.8 Å². The Hall–Kier alpha value is -1.62. The molecule has 1 aliphatic heterocycles. The second-order valence-corrected chi connectivity index (χ2v) is 5.62. The van der Waals surface area contributed by atoms with Gasteiger partial charge < -0.3 is 16.0 Å². The number of nitrogens with one attached hydrogen (secondary N) is 1. The summed E-state index contributed by atoms with van der Waals surface area (Å²) in [4.78, 5) is 18.4. The molecule has 5 heteroatoms. The fraction of sp³-hybridized carbons (Fsp3) is 0.571. The summed E-state index contributed by atoms with van der Waals surface area (Å²) in [6.45, 7) is 6.02. The average molecular weight is 262 g/mol. The van der Waals surface area contributed by atoms with Crippen LogP contribution in [0.3, 0.4) is 0 Å². The third-order valence-corrected chi connectivity index (χ3v) is 3.28. The lowest BCUT2D eigenvalue weighted by Crippen LogP contribution is -2.48. The van der Waals surface area contributed by atoms with Gasteiger partial charge in [0, 0.05) is 25.8 Å². The summed E-state index contributed by atoms with van der Waals surface area (Å²) in [7, 11) is 0. The first kappa shape index (κ1) is 13.8. The summed E-state index contributed by atoms with van der Waals surface area (Å²) in [6, 6.07) is 4.02. The van der Waals surface area contributed by atoms with E-state index in [-0.39, 0.29) is 5.91 Å². The molecule has 1 fully saturated rings. The molecule has 1 aromatic heterocycles. The molecular formula is C14H22N4O. The van der Waals surface area contributed by atoms with Gasteiger partial charge in [0.05, 0.1) is 5.54 Å². The molecular weight excluding hydrogens is 240 g/mol. The van der Waals surface area contributed by atoms with Gasteiger partial charge in [0.2, 0.25) is 5.91 Å². The first-order valence-corrected chi connectivity index (χ1v) is 6.74. The number of anilines is 1. The third-order valence-electron chi connectivity index (χ3n) is 3.28. The van der Waals surface area contributed by atoms with Gasteiger partial charge in [0.1, 0.15) is 5.82 Å². The Bertz CT molecular complexity index is 430. The summed E-state index contributed by atoms with van der Waals surface area (Å²) < 4.78 is 0. The highest BCUT2D eigenvalue weighted by atomic mass is 16.2. The zero-order valence-corrected chi connectivity index (χ0v) is 11.6. The molecule has 1 saturated heterocycles.